The van der Waals surface area contributed by atoms with Gasteiger partial charge in [-0.25, -0.2) is 0 Å². The Balaban J connectivity index is 2.34. The minimum Gasteiger partial charge on any atom is -0.399 e. The Hall–Kier alpha value is -1.69. The van der Waals surface area contributed by atoms with Crippen LogP contribution >= 0.6 is 11.8 Å². The Kier molecular flexibility index (Phi) is 3.00. The molecule has 4 N–H and O–H groups in total. The molecule has 0 fully saturated rings. The third kappa shape index (κ3) is 2.27. The molecule has 0 unspecified atom stereocenters. The van der Waals surface area contributed by atoms with Crippen molar-refractivity contribution in [1.29, 1.82) is 0 Å². The van der Waals surface area contributed by atoms with E-state index in [1.54, 1.807) is 30.0 Å². The van der Waals surface area contributed by atoms with Crippen LogP contribution < -0.4 is 11.5 Å². The monoisotopic (exact) mass is 236 g/mol. The van der Waals surface area contributed by atoms with E-state index in [4.69, 9.17) is 16.0 Å². The number of anilines is 2. The van der Waals surface area contributed by atoms with Crippen molar-refractivity contribution in [2.45, 2.75) is 5.75 Å². The predicted molar refractivity (Wildman–Crippen MR) is 65.8 cm³/mol. The highest BCUT2D eigenvalue weighted by Gasteiger charge is 2.09. The van der Waals surface area contributed by atoms with Gasteiger partial charge in [0.15, 0.2) is 5.82 Å². The van der Waals surface area contributed by atoms with Crippen molar-refractivity contribution in [3.05, 3.63) is 24.0 Å². The van der Waals surface area contributed by atoms with Crippen molar-refractivity contribution in [3.8, 4) is 11.5 Å². The maximum Gasteiger partial charge on any atom is 0.258 e. The van der Waals surface area contributed by atoms with Gasteiger partial charge in [0, 0.05) is 16.9 Å². The molecule has 0 spiro atoms. The summed E-state index contributed by atoms with van der Waals surface area (Å²) in [5.41, 5.74) is 13.3. The first-order chi connectivity index (χ1) is 7.69. The highest BCUT2D eigenvalue weighted by atomic mass is 32.2. The van der Waals surface area contributed by atoms with Crippen molar-refractivity contribution in [2.24, 2.45) is 0 Å². The van der Waals surface area contributed by atoms with Gasteiger partial charge in [-0.2, -0.15) is 16.7 Å². The van der Waals surface area contributed by atoms with Crippen molar-refractivity contribution in [1.82, 2.24) is 10.1 Å². The van der Waals surface area contributed by atoms with Crippen LogP contribution in [0.1, 0.15) is 5.82 Å². The number of nitrogen functional groups attached to an aromatic ring is 2. The second-order valence-corrected chi connectivity index (χ2v) is 4.20. The van der Waals surface area contributed by atoms with Crippen LogP contribution in [0.15, 0.2) is 22.7 Å². The SMILES string of the molecule is CSCc1noc(-c2cc(N)cc(N)c2)n1. The maximum atomic E-state index is 5.69. The molecule has 0 aliphatic heterocycles. The summed E-state index contributed by atoms with van der Waals surface area (Å²) in [7, 11) is 0. The molecule has 1 heterocycles. The smallest absolute Gasteiger partial charge is 0.258 e. The first-order valence-corrected chi connectivity index (χ1v) is 6.06. The van der Waals surface area contributed by atoms with Crippen molar-refractivity contribution >= 4 is 23.1 Å². The molecule has 2 rings (SSSR count). The van der Waals surface area contributed by atoms with Crippen molar-refractivity contribution in [3.63, 3.8) is 0 Å². The van der Waals surface area contributed by atoms with E-state index in [0.29, 0.717) is 23.1 Å². The summed E-state index contributed by atoms with van der Waals surface area (Å²) in [5, 5.41) is 3.85. The Morgan fingerprint density at radius 1 is 1.25 bits per heavy atom. The van der Waals surface area contributed by atoms with Gasteiger partial charge in [-0.1, -0.05) is 5.16 Å². The lowest BCUT2D eigenvalue weighted by molar-refractivity contribution is 0.425. The zero-order valence-corrected chi connectivity index (χ0v) is 9.62. The molecule has 0 bridgehead atoms. The Labute approximate surface area is 97.2 Å². The van der Waals surface area contributed by atoms with E-state index in [9.17, 15) is 0 Å². The normalized spacial score (nSPS) is 10.6. The summed E-state index contributed by atoms with van der Waals surface area (Å²) in [5.74, 6) is 1.84. The molecule has 84 valence electrons. The van der Waals surface area contributed by atoms with E-state index in [0.717, 1.165) is 11.3 Å². The molecule has 0 amide bonds. The maximum absolute atomic E-state index is 5.69. The number of hydrogen-bond acceptors (Lipinski definition) is 6. The number of benzene rings is 1. The van der Waals surface area contributed by atoms with Crippen LogP contribution in [0.2, 0.25) is 0 Å². The average Bonchev–Trinajstić information content (AvgIpc) is 2.65. The molecular weight excluding hydrogens is 224 g/mol. The predicted octanol–water partition coefficient (Wildman–Crippen LogP) is 1.76. The van der Waals surface area contributed by atoms with Crippen LogP contribution in [-0.4, -0.2) is 16.4 Å². The minimum absolute atomic E-state index is 0.447. The first kappa shape index (κ1) is 10.8. The highest BCUT2D eigenvalue weighted by molar-refractivity contribution is 7.97. The molecule has 1 aromatic heterocycles. The quantitative estimate of drug-likeness (QED) is 0.789. The molecule has 0 saturated carbocycles. The van der Waals surface area contributed by atoms with Gasteiger partial charge in [-0.15, -0.1) is 0 Å². The summed E-state index contributed by atoms with van der Waals surface area (Å²) in [4.78, 5) is 4.24. The van der Waals surface area contributed by atoms with E-state index in [1.165, 1.54) is 0 Å². The number of nitrogens with zero attached hydrogens (tertiary/aromatic N) is 2. The number of nitrogens with two attached hydrogens (primary N) is 2. The van der Waals surface area contributed by atoms with Crippen LogP contribution in [-0.2, 0) is 5.75 Å². The molecule has 6 heteroatoms. The fourth-order valence-electron chi connectivity index (χ4n) is 1.36. The summed E-state index contributed by atoms with van der Waals surface area (Å²) in [6.45, 7) is 0. The van der Waals surface area contributed by atoms with Gasteiger partial charge in [-0.05, 0) is 24.5 Å². The molecule has 0 atom stereocenters. The lowest BCUT2D eigenvalue weighted by atomic mass is 10.2. The fraction of sp³-hybridized carbons (Fsp3) is 0.200. The highest BCUT2D eigenvalue weighted by Crippen LogP contribution is 2.23. The van der Waals surface area contributed by atoms with Crippen LogP contribution in [0.25, 0.3) is 11.5 Å². The zero-order valence-electron chi connectivity index (χ0n) is 8.80. The minimum atomic E-state index is 0.447. The van der Waals surface area contributed by atoms with Gasteiger partial charge >= 0.3 is 0 Å². The van der Waals surface area contributed by atoms with E-state index in [1.807, 2.05) is 6.26 Å². The summed E-state index contributed by atoms with van der Waals surface area (Å²) in [6.07, 6.45) is 1.98. The van der Waals surface area contributed by atoms with Gasteiger partial charge in [0.1, 0.15) is 0 Å². The first-order valence-electron chi connectivity index (χ1n) is 4.67. The average molecular weight is 236 g/mol. The lowest BCUT2D eigenvalue weighted by Crippen LogP contribution is -1.91. The van der Waals surface area contributed by atoms with E-state index >= 15 is 0 Å². The molecule has 2 aromatic rings. The molecule has 0 saturated heterocycles. The molecule has 16 heavy (non-hydrogen) atoms. The second-order valence-electron chi connectivity index (χ2n) is 3.34. The van der Waals surface area contributed by atoms with Crippen LogP contribution in [0.3, 0.4) is 0 Å². The van der Waals surface area contributed by atoms with Gasteiger partial charge < -0.3 is 16.0 Å². The molecule has 5 nitrogen and oxygen atoms in total. The number of thioether (sulfide) groups is 1. The third-order valence-electron chi connectivity index (χ3n) is 1.97. The van der Waals surface area contributed by atoms with Crippen LogP contribution in [0, 0.1) is 0 Å². The summed E-state index contributed by atoms with van der Waals surface area (Å²) < 4.78 is 5.13. The molecule has 0 aliphatic carbocycles. The molecule has 1 aromatic carbocycles. The zero-order chi connectivity index (χ0) is 11.5. The van der Waals surface area contributed by atoms with Gasteiger partial charge in [-0.3, -0.25) is 0 Å². The van der Waals surface area contributed by atoms with Crippen molar-refractivity contribution in [2.75, 3.05) is 17.7 Å². The van der Waals surface area contributed by atoms with Gasteiger partial charge in [0.2, 0.25) is 0 Å². The van der Waals surface area contributed by atoms with Crippen molar-refractivity contribution < 1.29 is 4.52 Å². The van der Waals surface area contributed by atoms with E-state index < -0.39 is 0 Å². The van der Waals surface area contributed by atoms with Gasteiger partial charge in [0.25, 0.3) is 5.89 Å². The lowest BCUT2D eigenvalue weighted by Gasteiger charge is -1.99. The number of aromatic nitrogens is 2. The van der Waals surface area contributed by atoms with Gasteiger partial charge in [0.05, 0.1) is 5.75 Å². The Morgan fingerprint density at radius 3 is 2.56 bits per heavy atom. The van der Waals surface area contributed by atoms with E-state index in [-0.39, 0.29) is 0 Å². The Morgan fingerprint density at radius 2 is 1.94 bits per heavy atom. The van der Waals surface area contributed by atoms with Crippen LogP contribution in [0.5, 0.6) is 0 Å². The Bertz CT molecular complexity index is 477. The summed E-state index contributed by atoms with van der Waals surface area (Å²) in [6, 6.07) is 5.20. The molecule has 0 aliphatic rings. The van der Waals surface area contributed by atoms with Crippen LogP contribution in [0.4, 0.5) is 11.4 Å². The van der Waals surface area contributed by atoms with E-state index in [2.05, 4.69) is 10.1 Å². The fourth-order valence-corrected chi connectivity index (χ4v) is 1.73. The standard InChI is InChI=1S/C10H12N4OS/c1-16-5-9-13-10(15-14-9)6-2-7(11)4-8(12)3-6/h2-4H,5,11-12H2,1H3. The molecular formula is C10H12N4OS. The number of hydrogen-bond donors (Lipinski definition) is 2. The third-order valence-corrected chi connectivity index (χ3v) is 2.51. The molecule has 0 radical (unpaired) electrons. The second kappa shape index (κ2) is 4.44. The largest absolute Gasteiger partial charge is 0.399 e. The summed E-state index contributed by atoms with van der Waals surface area (Å²) >= 11 is 1.64. The number of rotatable bonds is 3. The topological polar surface area (TPSA) is 91.0 Å².